The van der Waals surface area contributed by atoms with E-state index >= 15 is 0 Å². The molecule has 6 heteroatoms. The third-order valence-corrected chi connectivity index (χ3v) is 4.97. The van der Waals surface area contributed by atoms with Crippen LogP contribution in [0.2, 0.25) is 0 Å². The largest absolute Gasteiger partial charge is 0.508 e. The summed E-state index contributed by atoms with van der Waals surface area (Å²) in [6, 6.07) is 2.64. The van der Waals surface area contributed by atoms with E-state index in [2.05, 4.69) is 0 Å². The molecule has 0 bridgehead atoms. The molecule has 0 radical (unpaired) electrons. The molecule has 1 saturated carbocycles. The van der Waals surface area contributed by atoms with Crippen LogP contribution < -0.4 is 0 Å². The smallest absolute Gasteiger partial charge is 0.314 e. The second-order valence-corrected chi connectivity index (χ2v) is 7.13. The van der Waals surface area contributed by atoms with E-state index in [0.29, 0.717) is 18.4 Å². The molecular formula is C13H16O5S. The molecule has 0 amide bonds. The van der Waals surface area contributed by atoms with Gasteiger partial charge in [0.05, 0.1) is 10.3 Å². The van der Waals surface area contributed by atoms with Crippen molar-refractivity contribution in [1.82, 2.24) is 0 Å². The van der Waals surface area contributed by atoms with E-state index < -0.39 is 21.2 Å². The highest BCUT2D eigenvalue weighted by Gasteiger charge is 2.48. The molecule has 0 unspecified atom stereocenters. The van der Waals surface area contributed by atoms with Gasteiger partial charge in [0.15, 0.2) is 9.84 Å². The van der Waals surface area contributed by atoms with Gasteiger partial charge in [-0.3, -0.25) is 4.79 Å². The second kappa shape index (κ2) is 4.23. The summed E-state index contributed by atoms with van der Waals surface area (Å²) in [6.07, 6.45) is 2.58. The Morgan fingerprint density at radius 2 is 1.89 bits per heavy atom. The van der Waals surface area contributed by atoms with Crippen LogP contribution in [0.15, 0.2) is 17.0 Å². The molecule has 1 aliphatic rings. The molecule has 0 aliphatic heterocycles. The van der Waals surface area contributed by atoms with E-state index in [1.54, 1.807) is 6.92 Å². The lowest BCUT2D eigenvalue weighted by Gasteiger charge is -2.39. The summed E-state index contributed by atoms with van der Waals surface area (Å²) < 4.78 is 23.7. The van der Waals surface area contributed by atoms with Gasteiger partial charge in [-0.2, -0.15) is 0 Å². The number of aliphatic carboxylic acids is 1. The molecule has 0 spiro atoms. The van der Waals surface area contributed by atoms with Crippen LogP contribution in [0.3, 0.4) is 0 Å². The van der Waals surface area contributed by atoms with E-state index in [0.717, 1.165) is 12.7 Å². The van der Waals surface area contributed by atoms with Crippen LogP contribution >= 0.6 is 0 Å². The normalized spacial score (nSPS) is 17.8. The van der Waals surface area contributed by atoms with Gasteiger partial charge >= 0.3 is 5.97 Å². The Kier molecular flexibility index (Phi) is 3.09. The highest BCUT2D eigenvalue weighted by Crippen LogP contribution is 2.47. The van der Waals surface area contributed by atoms with Gasteiger partial charge in [-0.1, -0.05) is 6.42 Å². The van der Waals surface area contributed by atoms with Crippen molar-refractivity contribution in [1.29, 1.82) is 0 Å². The average molecular weight is 284 g/mol. The summed E-state index contributed by atoms with van der Waals surface area (Å²) in [4.78, 5) is 11.5. The number of phenolic OH excluding ortho intramolecular Hbond substituents is 1. The van der Waals surface area contributed by atoms with E-state index in [1.165, 1.54) is 12.1 Å². The number of sulfone groups is 1. The first kappa shape index (κ1) is 13.9. The fourth-order valence-electron chi connectivity index (χ4n) is 2.48. The van der Waals surface area contributed by atoms with E-state index in [1.807, 2.05) is 0 Å². The van der Waals surface area contributed by atoms with E-state index in [-0.39, 0.29) is 16.2 Å². The second-order valence-electron chi connectivity index (χ2n) is 5.15. The van der Waals surface area contributed by atoms with Crippen molar-refractivity contribution in [2.75, 3.05) is 6.26 Å². The maximum atomic E-state index is 11.9. The van der Waals surface area contributed by atoms with Crippen molar-refractivity contribution in [3.8, 4) is 5.75 Å². The number of hydrogen-bond acceptors (Lipinski definition) is 4. The maximum absolute atomic E-state index is 11.9. The molecule has 0 atom stereocenters. The van der Waals surface area contributed by atoms with Gasteiger partial charge in [-0.15, -0.1) is 0 Å². The van der Waals surface area contributed by atoms with Gasteiger partial charge in [0.25, 0.3) is 0 Å². The zero-order chi connectivity index (χ0) is 14.4. The van der Waals surface area contributed by atoms with Crippen molar-refractivity contribution >= 4 is 15.8 Å². The van der Waals surface area contributed by atoms with E-state index in [4.69, 9.17) is 0 Å². The van der Waals surface area contributed by atoms with Crippen LogP contribution in [0.4, 0.5) is 0 Å². The van der Waals surface area contributed by atoms with Crippen LogP contribution in [-0.4, -0.2) is 30.9 Å². The quantitative estimate of drug-likeness (QED) is 0.879. The predicted molar refractivity (Wildman–Crippen MR) is 69.1 cm³/mol. The summed E-state index contributed by atoms with van der Waals surface area (Å²) >= 11 is 0. The summed E-state index contributed by atoms with van der Waals surface area (Å²) in [5, 5.41) is 19.2. The number of carboxylic acid groups (broad SMARTS) is 1. The number of aryl methyl sites for hydroxylation is 1. The Morgan fingerprint density at radius 1 is 1.32 bits per heavy atom. The number of carbonyl (C=O) groups is 1. The first-order chi connectivity index (χ1) is 8.68. The molecule has 19 heavy (non-hydrogen) atoms. The predicted octanol–water partition coefficient (Wildman–Crippen LogP) is 1.61. The van der Waals surface area contributed by atoms with Gasteiger partial charge in [-0.05, 0) is 43.0 Å². The van der Waals surface area contributed by atoms with Crippen molar-refractivity contribution in [2.24, 2.45) is 0 Å². The van der Waals surface area contributed by atoms with E-state index in [9.17, 15) is 23.4 Å². The van der Waals surface area contributed by atoms with Gasteiger partial charge < -0.3 is 10.2 Å². The molecule has 0 saturated heterocycles. The Balaban J connectivity index is 2.76. The lowest BCUT2D eigenvalue weighted by atomic mass is 9.64. The molecule has 1 fully saturated rings. The molecule has 1 aromatic rings. The minimum atomic E-state index is -3.54. The first-order valence-electron chi connectivity index (χ1n) is 5.96. The highest BCUT2D eigenvalue weighted by atomic mass is 32.2. The minimum Gasteiger partial charge on any atom is -0.508 e. The Hall–Kier alpha value is -1.56. The van der Waals surface area contributed by atoms with Gasteiger partial charge in [0, 0.05) is 6.26 Å². The molecular weight excluding hydrogens is 268 g/mol. The van der Waals surface area contributed by atoms with Crippen molar-refractivity contribution < 1.29 is 23.4 Å². The third kappa shape index (κ3) is 2.10. The molecule has 5 nitrogen and oxygen atoms in total. The lowest BCUT2D eigenvalue weighted by molar-refractivity contribution is -0.147. The monoisotopic (exact) mass is 284 g/mol. The van der Waals surface area contributed by atoms with Crippen LogP contribution in [-0.2, 0) is 20.0 Å². The molecule has 2 N–H and O–H groups in total. The summed E-state index contributed by atoms with van der Waals surface area (Å²) in [5.41, 5.74) is -0.551. The maximum Gasteiger partial charge on any atom is 0.314 e. The lowest BCUT2D eigenvalue weighted by Crippen LogP contribution is -2.43. The van der Waals surface area contributed by atoms with Crippen molar-refractivity contribution in [2.45, 2.75) is 36.5 Å². The molecule has 0 heterocycles. The molecule has 1 aliphatic carbocycles. The molecule has 2 rings (SSSR count). The van der Waals surface area contributed by atoms with Crippen LogP contribution in [0.1, 0.15) is 30.4 Å². The number of hydrogen-bond donors (Lipinski definition) is 2. The SMILES string of the molecule is Cc1cc(S(C)(=O)=O)c(C2(C(=O)O)CCC2)cc1O. The average Bonchev–Trinajstić information content (AvgIpc) is 2.18. The van der Waals surface area contributed by atoms with Crippen LogP contribution in [0, 0.1) is 6.92 Å². The summed E-state index contributed by atoms with van der Waals surface area (Å²) in [5.74, 6) is -1.11. The Bertz CT molecular complexity index is 641. The topological polar surface area (TPSA) is 91.7 Å². The molecule has 104 valence electrons. The standard InChI is InChI=1S/C13H16O5S/c1-8-6-11(19(2,17)18)9(7-10(8)14)13(12(15)16)4-3-5-13/h6-7,14H,3-5H2,1-2H3,(H,15,16). The van der Waals surface area contributed by atoms with Gasteiger partial charge in [-0.25, -0.2) is 8.42 Å². The molecule has 1 aromatic carbocycles. The Morgan fingerprint density at radius 3 is 2.26 bits per heavy atom. The number of rotatable bonds is 3. The fourth-order valence-corrected chi connectivity index (χ4v) is 3.52. The van der Waals surface area contributed by atoms with Crippen molar-refractivity contribution in [3.05, 3.63) is 23.3 Å². The summed E-state index contributed by atoms with van der Waals surface area (Å²) in [7, 11) is -3.54. The van der Waals surface area contributed by atoms with Crippen molar-refractivity contribution in [3.63, 3.8) is 0 Å². The van der Waals surface area contributed by atoms with Crippen LogP contribution in [0.5, 0.6) is 5.75 Å². The number of phenols is 1. The van der Waals surface area contributed by atoms with Crippen LogP contribution in [0.25, 0.3) is 0 Å². The zero-order valence-electron chi connectivity index (χ0n) is 10.8. The minimum absolute atomic E-state index is 0.00454. The molecule has 0 aromatic heterocycles. The third-order valence-electron chi connectivity index (χ3n) is 3.83. The number of benzene rings is 1. The first-order valence-corrected chi connectivity index (χ1v) is 7.85. The number of carboxylic acids is 1. The number of aromatic hydroxyl groups is 1. The fraction of sp³-hybridized carbons (Fsp3) is 0.462. The van der Waals surface area contributed by atoms with Gasteiger partial charge in [0.2, 0.25) is 0 Å². The Labute approximate surface area is 111 Å². The van der Waals surface area contributed by atoms with Gasteiger partial charge in [0.1, 0.15) is 5.75 Å². The highest BCUT2D eigenvalue weighted by molar-refractivity contribution is 7.90. The zero-order valence-corrected chi connectivity index (χ0v) is 11.6. The summed E-state index contributed by atoms with van der Waals surface area (Å²) in [6.45, 7) is 1.59.